The molecule has 9 nitrogen and oxygen atoms in total. The van der Waals surface area contributed by atoms with E-state index in [0.717, 1.165) is 48.9 Å². The van der Waals surface area contributed by atoms with Crippen LogP contribution in [-0.2, 0) is 19.9 Å². The minimum Gasteiger partial charge on any atom is -0.481 e. The van der Waals surface area contributed by atoms with Crippen LogP contribution in [0.3, 0.4) is 0 Å². The normalized spacial score (nSPS) is 31.9. The number of carboxylic acids is 1. The largest absolute Gasteiger partial charge is 0.481 e. The number of aryl methyl sites for hydroxylation is 2. The zero-order valence-corrected chi connectivity index (χ0v) is 18.8. The first-order valence-electron chi connectivity index (χ1n) is 11.6. The molecular weight excluding hydrogens is 422 g/mol. The van der Waals surface area contributed by atoms with Crippen LogP contribution in [0, 0.1) is 25.7 Å². The van der Waals surface area contributed by atoms with Crippen molar-refractivity contribution in [2.24, 2.45) is 11.8 Å². The molecule has 1 spiro atoms. The van der Waals surface area contributed by atoms with Crippen LogP contribution in [0.15, 0.2) is 30.4 Å². The van der Waals surface area contributed by atoms with Crippen molar-refractivity contribution in [1.29, 1.82) is 0 Å². The number of fused-ring (bicyclic) bond motifs is 1. The molecule has 3 aliphatic heterocycles. The Labute approximate surface area is 191 Å². The molecule has 0 radical (unpaired) electrons. The molecule has 2 bridgehead atoms. The van der Waals surface area contributed by atoms with E-state index in [4.69, 9.17) is 4.74 Å². The van der Waals surface area contributed by atoms with Gasteiger partial charge in [-0.25, -0.2) is 0 Å². The summed E-state index contributed by atoms with van der Waals surface area (Å²) in [6.07, 6.45) is 7.62. The third kappa shape index (κ3) is 2.65. The minimum absolute atomic E-state index is 0.160. The number of likely N-dealkylation sites (tertiary alicyclic amines) is 1. The number of benzene rings is 1. The van der Waals surface area contributed by atoms with E-state index in [0.29, 0.717) is 12.4 Å². The summed E-state index contributed by atoms with van der Waals surface area (Å²) in [7, 11) is 0. The van der Waals surface area contributed by atoms with Gasteiger partial charge in [0.05, 0.1) is 24.3 Å². The van der Waals surface area contributed by atoms with Crippen molar-refractivity contribution in [3.8, 4) is 5.69 Å². The van der Waals surface area contributed by atoms with E-state index in [1.807, 2.05) is 43.0 Å². The molecule has 33 heavy (non-hydrogen) atoms. The summed E-state index contributed by atoms with van der Waals surface area (Å²) in [4.78, 5) is 27.9. The molecule has 6 rings (SSSR count). The van der Waals surface area contributed by atoms with Crippen molar-refractivity contribution >= 4 is 11.9 Å². The second kappa shape index (κ2) is 6.96. The highest BCUT2D eigenvalue weighted by Crippen LogP contribution is 2.56. The molecule has 1 N–H and O–H groups in total. The second-order valence-corrected chi connectivity index (χ2v) is 9.91. The minimum atomic E-state index is -0.982. The average molecular weight is 450 g/mol. The molecule has 0 unspecified atom stereocenters. The van der Waals surface area contributed by atoms with Crippen LogP contribution in [0.5, 0.6) is 0 Å². The van der Waals surface area contributed by atoms with Crippen LogP contribution in [-0.4, -0.2) is 60.3 Å². The number of amides is 1. The highest BCUT2D eigenvalue weighted by Gasteiger charge is 2.69. The van der Waals surface area contributed by atoms with E-state index in [-0.39, 0.29) is 5.91 Å². The van der Waals surface area contributed by atoms with E-state index in [1.54, 1.807) is 10.8 Å². The van der Waals surface area contributed by atoms with Gasteiger partial charge >= 0.3 is 5.97 Å². The molecule has 4 aliphatic rings. The van der Waals surface area contributed by atoms with Crippen LogP contribution >= 0.6 is 0 Å². The van der Waals surface area contributed by atoms with E-state index < -0.39 is 35.0 Å². The molecule has 2 aromatic rings. The standard InChI is InChI=1S/C24H27N5O4/c1-14-7-6-8-15(2)19(14)29-22(25-26-27-29)23(10-4-3-5-11-23)28-13-24-12-9-16(33-24)17(21(31)32)18(24)20(28)30/h6-9,12,16-18H,3-5,10-11,13H2,1-2H3,(H,31,32)/t16-,17+,18-,24+/m1/s1. The summed E-state index contributed by atoms with van der Waals surface area (Å²) in [5, 5.41) is 22.8. The molecule has 1 aromatic carbocycles. The number of carbonyl (C=O) groups excluding carboxylic acids is 1. The zero-order valence-electron chi connectivity index (χ0n) is 18.8. The summed E-state index contributed by atoms with van der Waals surface area (Å²) in [6.45, 7) is 4.38. The highest BCUT2D eigenvalue weighted by atomic mass is 16.5. The summed E-state index contributed by atoms with van der Waals surface area (Å²) in [6, 6.07) is 6.06. The lowest BCUT2D eigenvalue weighted by Crippen LogP contribution is -2.52. The summed E-state index contributed by atoms with van der Waals surface area (Å²) >= 11 is 0. The van der Waals surface area contributed by atoms with Gasteiger partial charge in [0.25, 0.3) is 0 Å². The fraction of sp³-hybridized carbons (Fsp3) is 0.542. The second-order valence-electron chi connectivity index (χ2n) is 9.91. The number of carbonyl (C=O) groups is 2. The SMILES string of the molecule is Cc1cccc(C)c1-n1nnnc1C1(N2C[C@]34C=C[C@@H](O3)[C@H](C(=O)O)[C@@H]4C2=O)CCCCC1. The lowest BCUT2D eigenvalue weighted by Gasteiger charge is -2.44. The smallest absolute Gasteiger partial charge is 0.310 e. The van der Waals surface area contributed by atoms with Gasteiger partial charge in [0, 0.05) is 0 Å². The molecule has 3 fully saturated rings. The number of tetrazole rings is 1. The Morgan fingerprint density at radius 1 is 1.18 bits per heavy atom. The first-order chi connectivity index (χ1) is 15.9. The van der Waals surface area contributed by atoms with Crippen LogP contribution in [0.2, 0.25) is 0 Å². The van der Waals surface area contributed by atoms with Crippen molar-refractivity contribution in [1.82, 2.24) is 25.1 Å². The van der Waals surface area contributed by atoms with Crippen LogP contribution in [0.25, 0.3) is 5.69 Å². The Hall–Kier alpha value is -3.07. The third-order valence-corrected chi connectivity index (χ3v) is 8.12. The van der Waals surface area contributed by atoms with Crippen molar-refractivity contribution in [2.45, 2.75) is 63.2 Å². The number of ether oxygens (including phenoxy) is 1. The van der Waals surface area contributed by atoms with E-state index in [9.17, 15) is 14.7 Å². The van der Waals surface area contributed by atoms with E-state index >= 15 is 0 Å². The van der Waals surface area contributed by atoms with Gasteiger partial charge < -0.3 is 14.7 Å². The van der Waals surface area contributed by atoms with Gasteiger partial charge in [-0.05, 0) is 48.2 Å². The molecule has 1 aromatic heterocycles. The third-order valence-electron chi connectivity index (χ3n) is 8.12. The first kappa shape index (κ1) is 20.5. The fourth-order valence-electron chi connectivity index (χ4n) is 6.66. The summed E-state index contributed by atoms with van der Waals surface area (Å²) in [5.41, 5.74) is 1.44. The number of aliphatic carboxylic acids is 1. The molecule has 4 atom stereocenters. The zero-order chi connectivity index (χ0) is 23.0. The topological polar surface area (TPSA) is 110 Å². The number of aromatic nitrogens is 4. The van der Waals surface area contributed by atoms with Gasteiger partial charge in [-0.3, -0.25) is 9.59 Å². The van der Waals surface area contributed by atoms with Crippen LogP contribution < -0.4 is 0 Å². The Bertz CT molecular complexity index is 1160. The Morgan fingerprint density at radius 2 is 1.91 bits per heavy atom. The van der Waals surface area contributed by atoms with Crippen molar-refractivity contribution in [3.05, 3.63) is 47.3 Å². The van der Waals surface area contributed by atoms with Crippen LogP contribution in [0.1, 0.15) is 49.1 Å². The summed E-state index contributed by atoms with van der Waals surface area (Å²) in [5.74, 6) is -2.07. The molecule has 1 amide bonds. The number of carboxylic acid groups (broad SMARTS) is 1. The van der Waals surface area contributed by atoms with Gasteiger partial charge in [-0.15, -0.1) is 5.10 Å². The van der Waals surface area contributed by atoms with E-state index in [1.165, 1.54) is 0 Å². The maximum absolute atomic E-state index is 13.9. The van der Waals surface area contributed by atoms with Crippen LogP contribution in [0.4, 0.5) is 0 Å². The number of nitrogens with zero attached hydrogens (tertiary/aromatic N) is 5. The number of para-hydroxylation sites is 1. The molecule has 2 saturated heterocycles. The highest BCUT2D eigenvalue weighted by molar-refractivity contribution is 5.91. The Morgan fingerprint density at radius 3 is 2.61 bits per heavy atom. The average Bonchev–Trinajstić information content (AvgIpc) is 3.55. The summed E-state index contributed by atoms with van der Waals surface area (Å²) < 4.78 is 7.94. The quantitative estimate of drug-likeness (QED) is 0.713. The van der Waals surface area contributed by atoms with Gasteiger partial charge in [-0.1, -0.05) is 49.6 Å². The molecule has 172 valence electrons. The van der Waals surface area contributed by atoms with Crippen molar-refractivity contribution < 1.29 is 19.4 Å². The number of hydrogen-bond acceptors (Lipinski definition) is 6. The lowest BCUT2D eigenvalue weighted by atomic mass is 9.77. The predicted octanol–water partition coefficient (Wildman–Crippen LogP) is 2.31. The number of hydrogen-bond donors (Lipinski definition) is 1. The monoisotopic (exact) mass is 449 g/mol. The van der Waals surface area contributed by atoms with E-state index in [2.05, 4.69) is 15.5 Å². The molecule has 9 heteroatoms. The maximum atomic E-state index is 13.9. The van der Waals surface area contributed by atoms with Crippen molar-refractivity contribution in [2.75, 3.05) is 6.54 Å². The fourth-order valence-corrected chi connectivity index (χ4v) is 6.66. The maximum Gasteiger partial charge on any atom is 0.310 e. The van der Waals surface area contributed by atoms with Crippen molar-refractivity contribution in [3.63, 3.8) is 0 Å². The van der Waals surface area contributed by atoms with Gasteiger partial charge in [-0.2, -0.15) is 4.68 Å². The van der Waals surface area contributed by atoms with Gasteiger partial charge in [0.15, 0.2) is 5.82 Å². The van der Waals surface area contributed by atoms with Gasteiger partial charge in [0.2, 0.25) is 5.91 Å². The predicted molar refractivity (Wildman–Crippen MR) is 116 cm³/mol. The molecular formula is C24H27N5O4. The lowest BCUT2D eigenvalue weighted by molar-refractivity contribution is -0.150. The van der Waals surface area contributed by atoms with Gasteiger partial charge in [0.1, 0.15) is 17.1 Å². The molecule has 4 heterocycles. The first-order valence-corrected chi connectivity index (χ1v) is 11.6. The molecule has 1 saturated carbocycles. The Kier molecular flexibility index (Phi) is 4.33. The number of rotatable bonds is 4. The molecule has 1 aliphatic carbocycles. The Balaban J connectivity index is 1.49.